The van der Waals surface area contributed by atoms with Crippen LogP contribution < -0.4 is 4.74 Å². The number of methoxy groups -OCH3 is 2. The molecule has 0 spiro atoms. The summed E-state index contributed by atoms with van der Waals surface area (Å²) in [6.07, 6.45) is 2.35. The summed E-state index contributed by atoms with van der Waals surface area (Å²) in [4.78, 5) is 20.6. The zero-order chi connectivity index (χ0) is 17.0. The molecule has 0 aromatic carbocycles. The molecule has 3 fully saturated rings. The van der Waals surface area contributed by atoms with Crippen molar-refractivity contribution in [2.24, 2.45) is 5.92 Å². The second kappa shape index (κ2) is 7.20. The van der Waals surface area contributed by atoms with Gasteiger partial charge in [-0.3, -0.25) is 0 Å². The number of carboxylic acid groups (broad SMARTS) is 2. The third-order valence-electron chi connectivity index (χ3n) is 4.31. The molecule has 0 aliphatic carbocycles. The van der Waals surface area contributed by atoms with Gasteiger partial charge in [0.1, 0.15) is 5.60 Å². The molecule has 4 heterocycles. The number of ether oxygens (including phenoxy) is 2. The van der Waals surface area contributed by atoms with Gasteiger partial charge in [0.25, 0.3) is 5.88 Å². The maximum Gasteiger partial charge on any atom is 0.414 e. The Kier molecular flexibility index (Phi) is 5.50. The van der Waals surface area contributed by atoms with Crippen LogP contribution in [0.3, 0.4) is 0 Å². The molecule has 10 heteroatoms. The second-order valence-corrected chi connectivity index (χ2v) is 5.90. The summed E-state index contributed by atoms with van der Waals surface area (Å²) in [5, 5.41) is 14.8. The van der Waals surface area contributed by atoms with Crippen LogP contribution >= 0.6 is 11.7 Å². The van der Waals surface area contributed by atoms with Gasteiger partial charge in [0, 0.05) is 13.7 Å². The van der Waals surface area contributed by atoms with Gasteiger partial charge in [0.2, 0.25) is 0 Å². The van der Waals surface area contributed by atoms with Gasteiger partial charge in [-0.25, -0.2) is 9.59 Å². The lowest BCUT2D eigenvalue weighted by Gasteiger charge is -2.51. The number of piperidine rings is 3. The molecule has 0 radical (unpaired) electrons. The Hall–Kier alpha value is -1.78. The summed E-state index contributed by atoms with van der Waals surface area (Å²) in [6.45, 7) is 3.27. The van der Waals surface area contributed by atoms with Gasteiger partial charge in [0.15, 0.2) is 5.69 Å². The van der Waals surface area contributed by atoms with E-state index in [1.807, 2.05) is 0 Å². The smallest absolute Gasteiger partial charge is 0.414 e. The Bertz CT molecular complexity index is 560. The monoisotopic (exact) mass is 345 g/mol. The molecule has 1 unspecified atom stereocenters. The molecule has 3 saturated heterocycles. The van der Waals surface area contributed by atoms with E-state index in [1.165, 1.54) is 37.7 Å². The van der Waals surface area contributed by atoms with Crippen LogP contribution in [0.5, 0.6) is 5.88 Å². The minimum atomic E-state index is -1.82. The summed E-state index contributed by atoms with van der Waals surface area (Å²) in [6, 6.07) is 0. The molecule has 1 aromatic heterocycles. The maximum absolute atomic E-state index is 9.10. The third-order valence-corrected chi connectivity index (χ3v) is 4.82. The number of carboxylic acids is 2. The van der Waals surface area contributed by atoms with E-state index in [-0.39, 0.29) is 5.60 Å². The molecule has 1 aromatic rings. The summed E-state index contributed by atoms with van der Waals surface area (Å²) >= 11 is 1.20. The molecule has 0 saturated carbocycles. The second-order valence-electron chi connectivity index (χ2n) is 5.38. The fourth-order valence-corrected chi connectivity index (χ4v) is 3.78. The van der Waals surface area contributed by atoms with E-state index in [0.717, 1.165) is 12.2 Å². The van der Waals surface area contributed by atoms with E-state index in [0.29, 0.717) is 11.8 Å². The van der Waals surface area contributed by atoms with Gasteiger partial charge in [-0.2, -0.15) is 4.37 Å². The molecule has 3 aliphatic heterocycles. The Morgan fingerprint density at radius 2 is 1.83 bits per heavy atom. The molecule has 23 heavy (non-hydrogen) atoms. The van der Waals surface area contributed by atoms with E-state index in [4.69, 9.17) is 29.3 Å². The van der Waals surface area contributed by atoms with Crippen molar-refractivity contribution in [2.75, 3.05) is 33.9 Å². The van der Waals surface area contributed by atoms with Crippen LogP contribution in [0.25, 0.3) is 0 Å². The van der Waals surface area contributed by atoms with Crippen LogP contribution in [-0.4, -0.2) is 69.7 Å². The van der Waals surface area contributed by atoms with Gasteiger partial charge < -0.3 is 24.6 Å². The van der Waals surface area contributed by atoms with E-state index < -0.39 is 11.9 Å². The number of fused-ring (bicyclic) bond motifs is 3. The van der Waals surface area contributed by atoms with Crippen molar-refractivity contribution in [3.05, 3.63) is 5.69 Å². The van der Waals surface area contributed by atoms with Gasteiger partial charge in [-0.05, 0) is 31.8 Å². The molecule has 1 atom stereocenters. The highest BCUT2D eigenvalue weighted by Gasteiger charge is 2.51. The summed E-state index contributed by atoms with van der Waals surface area (Å²) in [5.41, 5.74) is 0.580. The first kappa shape index (κ1) is 17.6. The van der Waals surface area contributed by atoms with Gasteiger partial charge in [0.05, 0.1) is 18.8 Å². The van der Waals surface area contributed by atoms with Crippen molar-refractivity contribution in [2.45, 2.75) is 18.4 Å². The highest BCUT2D eigenvalue weighted by atomic mass is 32.1. The molecule has 3 aliphatic rings. The quantitative estimate of drug-likeness (QED) is 0.743. The van der Waals surface area contributed by atoms with Crippen LogP contribution in [0, 0.1) is 5.92 Å². The molecular formula is C13H19N3O6S. The number of nitrogens with zero attached hydrogens (tertiary/aromatic N) is 3. The van der Waals surface area contributed by atoms with E-state index in [9.17, 15) is 0 Å². The fourth-order valence-electron chi connectivity index (χ4n) is 3.19. The number of rotatable bonds is 3. The molecule has 128 valence electrons. The minimum Gasteiger partial charge on any atom is -0.479 e. The van der Waals surface area contributed by atoms with Crippen LogP contribution in [0.15, 0.2) is 0 Å². The van der Waals surface area contributed by atoms with Crippen molar-refractivity contribution < 1.29 is 29.3 Å². The first-order valence-electron chi connectivity index (χ1n) is 7.05. The molecule has 2 bridgehead atoms. The normalized spacial score (nSPS) is 28.6. The molecule has 2 N–H and O–H groups in total. The van der Waals surface area contributed by atoms with E-state index >= 15 is 0 Å². The third kappa shape index (κ3) is 3.43. The van der Waals surface area contributed by atoms with E-state index in [1.54, 1.807) is 14.2 Å². The van der Waals surface area contributed by atoms with Gasteiger partial charge in [-0.1, -0.05) is 0 Å². The van der Waals surface area contributed by atoms with Crippen LogP contribution in [-0.2, 0) is 19.9 Å². The average Bonchev–Trinajstić information content (AvgIpc) is 3.05. The van der Waals surface area contributed by atoms with Crippen LogP contribution in [0.2, 0.25) is 0 Å². The minimum absolute atomic E-state index is 0.311. The Morgan fingerprint density at radius 3 is 2.22 bits per heavy atom. The zero-order valence-corrected chi connectivity index (χ0v) is 13.7. The van der Waals surface area contributed by atoms with Gasteiger partial charge >= 0.3 is 11.9 Å². The number of hydrogen-bond acceptors (Lipinski definition) is 8. The standard InChI is InChI=1S/C11H17N3O2S.C2H2O4/c1-15-10-9(12-17-13-10)11(16-2)7-14-5-3-8(11)4-6-14;3-1(4)2(5)6/h8H,3-7H2,1-2H3;(H,3,4)(H,5,6). The predicted molar refractivity (Wildman–Crippen MR) is 79.6 cm³/mol. The average molecular weight is 345 g/mol. The van der Waals surface area contributed by atoms with Crippen molar-refractivity contribution >= 4 is 23.7 Å². The first-order chi connectivity index (χ1) is 10.9. The summed E-state index contributed by atoms with van der Waals surface area (Å²) < 4.78 is 19.8. The van der Waals surface area contributed by atoms with Gasteiger partial charge in [-0.15, -0.1) is 4.37 Å². The first-order valence-corrected chi connectivity index (χ1v) is 7.78. The molecule has 0 amide bonds. The fraction of sp³-hybridized carbons (Fsp3) is 0.692. The number of carbonyl (C=O) groups is 2. The van der Waals surface area contributed by atoms with E-state index in [2.05, 4.69) is 13.6 Å². The topological polar surface area (TPSA) is 122 Å². The highest BCUT2D eigenvalue weighted by Crippen LogP contribution is 2.46. The lowest BCUT2D eigenvalue weighted by molar-refractivity contribution is -0.159. The zero-order valence-electron chi connectivity index (χ0n) is 12.9. The highest BCUT2D eigenvalue weighted by molar-refractivity contribution is 6.99. The molecular weight excluding hydrogens is 326 g/mol. The largest absolute Gasteiger partial charge is 0.479 e. The van der Waals surface area contributed by atoms with Crippen LogP contribution in [0.1, 0.15) is 18.5 Å². The van der Waals surface area contributed by atoms with Crippen molar-refractivity contribution in [3.8, 4) is 5.88 Å². The predicted octanol–water partition coefficient (Wildman–Crippen LogP) is 0.270. The van der Waals surface area contributed by atoms with Crippen molar-refractivity contribution in [3.63, 3.8) is 0 Å². The molecule has 9 nitrogen and oxygen atoms in total. The van der Waals surface area contributed by atoms with Crippen LogP contribution in [0.4, 0.5) is 0 Å². The Labute approximate surface area is 137 Å². The number of aromatic nitrogens is 2. The van der Waals surface area contributed by atoms with Crippen molar-refractivity contribution in [1.82, 2.24) is 13.6 Å². The SMILES string of the molecule is COc1nsnc1C1(OC)CN2CCC1CC2.O=C(O)C(=O)O. The van der Waals surface area contributed by atoms with Crippen molar-refractivity contribution in [1.29, 1.82) is 0 Å². The Balaban J connectivity index is 0.000000277. The number of hydrogen-bond donors (Lipinski definition) is 2. The lowest BCUT2D eigenvalue weighted by atomic mass is 9.73. The Morgan fingerprint density at radius 1 is 1.22 bits per heavy atom. The molecule has 4 rings (SSSR count). The number of aliphatic carboxylic acids is 2. The summed E-state index contributed by atoms with van der Waals surface area (Å²) in [5.74, 6) is -2.48. The maximum atomic E-state index is 9.10. The summed E-state index contributed by atoms with van der Waals surface area (Å²) in [7, 11) is 3.42. The lowest BCUT2D eigenvalue weighted by Crippen LogP contribution is -2.58.